The monoisotopic (exact) mass is 235 g/mol. The molecule has 1 rings (SSSR count). The lowest BCUT2D eigenvalue weighted by molar-refractivity contribution is 0.971. The molecule has 0 saturated heterocycles. The molecule has 2 N–H and O–H groups in total. The molecule has 0 heterocycles. The summed E-state index contributed by atoms with van der Waals surface area (Å²) in [6.45, 7) is 4.84. The van der Waals surface area contributed by atoms with E-state index in [1.54, 1.807) is 0 Å². The molecule has 86 valence electrons. The Balaban J connectivity index is 2.65. The van der Waals surface area contributed by atoms with Crippen molar-refractivity contribution in [2.24, 2.45) is 4.99 Å². The second kappa shape index (κ2) is 6.95. The summed E-state index contributed by atoms with van der Waals surface area (Å²) in [7, 11) is 0. The van der Waals surface area contributed by atoms with Crippen molar-refractivity contribution >= 4 is 28.9 Å². The van der Waals surface area contributed by atoms with Gasteiger partial charge >= 0.3 is 0 Å². The number of rotatable bonds is 3. The molecule has 16 heavy (non-hydrogen) atoms. The summed E-state index contributed by atoms with van der Waals surface area (Å²) in [5, 5.41) is 6.77. The Bertz CT molecular complexity index is 360. The first kappa shape index (κ1) is 12.6. The summed E-state index contributed by atoms with van der Waals surface area (Å²) >= 11 is 5.07. The smallest absolute Gasteiger partial charge is 0.194 e. The number of aliphatic imine (C=N–C) groups is 1. The van der Waals surface area contributed by atoms with Crippen LogP contribution in [-0.4, -0.2) is 17.5 Å². The van der Waals surface area contributed by atoms with Gasteiger partial charge in [-0.2, -0.15) is 0 Å². The molecule has 0 spiro atoms. The molecular weight excluding hydrogens is 218 g/mol. The summed E-state index contributed by atoms with van der Waals surface area (Å²) in [6.07, 6.45) is 0.820. The maximum Gasteiger partial charge on any atom is 0.194 e. The van der Waals surface area contributed by atoms with Crippen LogP contribution in [0.1, 0.15) is 20.3 Å². The number of para-hydroxylation sites is 1. The van der Waals surface area contributed by atoms with Gasteiger partial charge in [0.05, 0.1) is 0 Å². The highest BCUT2D eigenvalue weighted by Gasteiger charge is 1.98. The normalized spacial score (nSPS) is 11.0. The van der Waals surface area contributed by atoms with E-state index in [4.69, 9.17) is 12.2 Å². The van der Waals surface area contributed by atoms with E-state index < -0.39 is 0 Å². The van der Waals surface area contributed by atoms with Crippen molar-refractivity contribution in [2.75, 3.05) is 11.9 Å². The van der Waals surface area contributed by atoms with Crippen LogP contribution in [0, 0.1) is 0 Å². The number of nitrogens with zero attached hydrogens (tertiary/aromatic N) is 1. The summed E-state index contributed by atoms with van der Waals surface area (Å²) in [4.78, 5) is 4.31. The molecule has 0 fully saturated rings. The molecule has 1 aromatic rings. The third-order valence-electron chi connectivity index (χ3n) is 1.96. The zero-order valence-electron chi connectivity index (χ0n) is 9.66. The maximum atomic E-state index is 5.07. The van der Waals surface area contributed by atoms with Gasteiger partial charge in [-0.1, -0.05) is 25.1 Å². The number of anilines is 1. The number of amidine groups is 1. The van der Waals surface area contributed by atoms with Crippen molar-refractivity contribution < 1.29 is 0 Å². The molecule has 0 unspecified atom stereocenters. The van der Waals surface area contributed by atoms with Crippen molar-refractivity contribution in [1.82, 2.24) is 5.32 Å². The minimum absolute atomic E-state index is 0.530. The summed E-state index contributed by atoms with van der Waals surface area (Å²) in [5.74, 6) is 0.872. The third kappa shape index (κ3) is 4.40. The van der Waals surface area contributed by atoms with Gasteiger partial charge in [-0.05, 0) is 31.3 Å². The van der Waals surface area contributed by atoms with Gasteiger partial charge in [-0.15, -0.1) is 0 Å². The molecular formula is C12H17N3S. The zero-order valence-corrected chi connectivity index (χ0v) is 10.5. The number of hydrogen-bond donors (Lipinski definition) is 2. The van der Waals surface area contributed by atoms with Gasteiger partial charge in [-0.25, -0.2) is 4.99 Å². The first-order valence-electron chi connectivity index (χ1n) is 5.43. The average molecular weight is 235 g/mol. The van der Waals surface area contributed by atoms with Crippen LogP contribution in [0.3, 0.4) is 0 Å². The van der Waals surface area contributed by atoms with Gasteiger partial charge in [-0.3, -0.25) is 0 Å². The van der Waals surface area contributed by atoms with Gasteiger partial charge < -0.3 is 10.6 Å². The fraction of sp³-hybridized carbons (Fsp3) is 0.333. The van der Waals surface area contributed by atoms with Crippen LogP contribution in [0.5, 0.6) is 0 Å². The van der Waals surface area contributed by atoms with Crippen molar-refractivity contribution in [3.05, 3.63) is 30.3 Å². The standard InChI is InChI=1S/C12H17N3S/c1-3-11(15-12(16)13-4-2)14-10-8-6-5-7-9-10/h5-9H,3-4H2,1-2H3,(H2,13,14,15,16). The van der Waals surface area contributed by atoms with E-state index in [0.717, 1.165) is 24.5 Å². The largest absolute Gasteiger partial charge is 0.361 e. The van der Waals surface area contributed by atoms with E-state index in [9.17, 15) is 0 Å². The Morgan fingerprint density at radius 2 is 1.94 bits per heavy atom. The number of thiocarbonyl (C=S) groups is 1. The zero-order chi connectivity index (χ0) is 11.8. The lowest BCUT2D eigenvalue weighted by atomic mass is 10.3. The minimum atomic E-state index is 0.530. The van der Waals surface area contributed by atoms with E-state index in [1.165, 1.54) is 0 Å². The molecule has 0 bridgehead atoms. The van der Waals surface area contributed by atoms with E-state index in [2.05, 4.69) is 15.6 Å². The predicted octanol–water partition coefficient (Wildman–Crippen LogP) is 2.80. The van der Waals surface area contributed by atoms with Crippen molar-refractivity contribution in [1.29, 1.82) is 0 Å². The highest BCUT2D eigenvalue weighted by molar-refractivity contribution is 7.80. The van der Waals surface area contributed by atoms with Crippen LogP contribution in [-0.2, 0) is 0 Å². The van der Waals surface area contributed by atoms with E-state index in [-0.39, 0.29) is 0 Å². The van der Waals surface area contributed by atoms with Gasteiger partial charge in [0.2, 0.25) is 0 Å². The van der Waals surface area contributed by atoms with E-state index >= 15 is 0 Å². The molecule has 3 nitrogen and oxygen atoms in total. The lowest BCUT2D eigenvalue weighted by Gasteiger charge is -2.08. The highest BCUT2D eigenvalue weighted by Crippen LogP contribution is 2.06. The highest BCUT2D eigenvalue weighted by atomic mass is 32.1. The average Bonchev–Trinajstić information content (AvgIpc) is 2.30. The van der Waals surface area contributed by atoms with Crippen molar-refractivity contribution in [3.63, 3.8) is 0 Å². The van der Waals surface area contributed by atoms with Crippen LogP contribution >= 0.6 is 12.2 Å². The SMILES string of the molecule is CCNC(=S)/N=C(/CC)Nc1ccccc1. The third-order valence-corrected chi connectivity index (χ3v) is 2.20. The molecule has 0 aliphatic carbocycles. The number of benzene rings is 1. The molecule has 0 amide bonds. The fourth-order valence-electron chi connectivity index (χ4n) is 1.20. The van der Waals surface area contributed by atoms with Gasteiger partial charge in [0, 0.05) is 18.7 Å². The van der Waals surface area contributed by atoms with Gasteiger partial charge in [0.15, 0.2) is 5.11 Å². The van der Waals surface area contributed by atoms with Crippen LogP contribution in [0.4, 0.5) is 5.69 Å². The lowest BCUT2D eigenvalue weighted by Crippen LogP contribution is -2.22. The molecule has 0 aliphatic rings. The van der Waals surface area contributed by atoms with Crippen LogP contribution in [0.25, 0.3) is 0 Å². The maximum absolute atomic E-state index is 5.07. The molecule has 0 saturated carbocycles. The summed E-state index contributed by atoms with van der Waals surface area (Å²) in [5.41, 5.74) is 1.03. The fourth-order valence-corrected chi connectivity index (χ4v) is 1.45. The Hall–Kier alpha value is -1.42. The topological polar surface area (TPSA) is 36.4 Å². The summed E-state index contributed by atoms with van der Waals surface area (Å²) < 4.78 is 0. The first-order chi connectivity index (χ1) is 7.76. The van der Waals surface area contributed by atoms with Crippen LogP contribution in [0.15, 0.2) is 35.3 Å². The van der Waals surface area contributed by atoms with E-state index in [1.807, 2.05) is 44.2 Å². The number of hydrogen-bond acceptors (Lipinski definition) is 1. The Kier molecular flexibility index (Phi) is 5.50. The van der Waals surface area contributed by atoms with Crippen LogP contribution in [0.2, 0.25) is 0 Å². The first-order valence-corrected chi connectivity index (χ1v) is 5.84. The van der Waals surface area contributed by atoms with Gasteiger partial charge in [0.1, 0.15) is 5.84 Å². The second-order valence-corrected chi connectivity index (χ2v) is 3.63. The number of nitrogens with one attached hydrogen (secondary N) is 2. The Morgan fingerprint density at radius 1 is 1.25 bits per heavy atom. The molecule has 4 heteroatoms. The minimum Gasteiger partial charge on any atom is -0.361 e. The molecule has 0 aliphatic heterocycles. The molecule has 0 radical (unpaired) electrons. The summed E-state index contributed by atoms with van der Waals surface area (Å²) in [6, 6.07) is 9.95. The quantitative estimate of drug-likeness (QED) is 0.480. The van der Waals surface area contributed by atoms with Crippen molar-refractivity contribution in [3.8, 4) is 0 Å². The van der Waals surface area contributed by atoms with Gasteiger partial charge in [0.25, 0.3) is 0 Å². The molecule has 0 aromatic heterocycles. The van der Waals surface area contributed by atoms with Crippen molar-refractivity contribution in [2.45, 2.75) is 20.3 Å². The Morgan fingerprint density at radius 3 is 2.50 bits per heavy atom. The predicted molar refractivity (Wildman–Crippen MR) is 74.1 cm³/mol. The van der Waals surface area contributed by atoms with E-state index in [0.29, 0.717) is 5.11 Å². The molecule has 1 aromatic carbocycles. The molecule has 0 atom stereocenters. The second-order valence-electron chi connectivity index (χ2n) is 3.24. The van der Waals surface area contributed by atoms with Crippen LogP contribution < -0.4 is 10.6 Å². The Labute approximate surface area is 102 Å².